The Labute approximate surface area is 114 Å². The summed E-state index contributed by atoms with van der Waals surface area (Å²) < 4.78 is 5.74. The predicted molar refractivity (Wildman–Crippen MR) is 77.2 cm³/mol. The van der Waals surface area contributed by atoms with Crippen LogP contribution >= 0.6 is 11.3 Å². The lowest BCUT2D eigenvalue weighted by molar-refractivity contribution is -0.0675. The highest BCUT2D eigenvalue weighted by Crippen LogP contribution is 2.17. The first-order chi connectivity index (χ1) is 8.65. The van der Waals surface area contributed by atoms with Crippen molar-refractivity contribution in [3.05, 3.63) is 22.4 Å². The lowest BCUT2D eigenvalue weighted by Gasteiger charge is -2.35. The van der Waals surface area contributed by atoms with Gasteiger partial charge in [-0.3, -0.25) is 4.90 Å². The third-order valence-corrected chi connectivity index (χ3v) is 4.40. The van der Waals surface area contributed by atoms with E-state index in [4.69, 9.17) is 4.74 Å². The van der Waals surface area contributed by atoms with Crippen LogP contribution < -0.4 is 5.32 Å². The lowest BCUT2D eigenvalue weighted by Crippen LogP contribution is -2.47. The van der Waals surface area contributed by atoms with E-state index in [1.165, 1.54) is 4.88 Å². The molecule has 1 unspecified atom stereocenters. The number of hydrogen-bond acceptors (Lipinski definition) is 4. The standard InChI is InChI=1S/C14H24N2OS/c1-11-9-16(10-12(2)17-11)7-6-15-13(3)14-5-4-8-18-14/h4-5,8,11-13,15H,6-7,9-10H2,1-3H3/t11-,12+,13?. The fourth-order valence-corrected chi connectivity index (χ4v) is 3.30. The average Bonchev–Trinajstić information content (AvgIpc) is 2.80. The van der Waals surface area contributed by atoms with Crippen molar-refractivity contribution in [3.63, 3.8) is 0 Å². The van der Waals surface area contributed by atoms with Gasteiger partial charge in [0, 0.05) is 37.1 Å². The molecule has 18 heavy (non-hydrogen) atoms. The molecule has 4 heteroatoms. The zero-order valence-corrected chi connectivity index (χ0v) is 12.4. The lowest BCUT2D eigenvalue weighted by atomic mass is 10.2. The van der Waals surface area contributed by atoms with E-state index in [0.29, 0.717) is 18.2 Å². The Balaban J connectivity index is 1.69. The van der Waals surface area contributed by atoms with Gasteiger partial charge in [0.25, 0.3) is 0 Å². The quantitative estimate of drug-likeness (QED) is 0.888. The van der Waals surface area contributed by atoms with E-state index in [1.54, 1.807) is 0 Å². The zero-order valence-electron chi connectivity index (χ0n) is 11.6. The van der Waals surface area contributed by atoms with Crippen LogP contribution in [0.2, 0.25) is 0 Å². The maximum Gasteiger partial charge on any atom is 0.0678 e. The number of morpholine rings is 1. The van der Waals surface area contributed by atoms with Crippen molar-refractivity contribution in [1.29, 1.82) is 0 Å². The summed E-state index contributed by atoms with van der Waals surface area (Å²) in [6.45, 7) is 10.8. The summed E-state index contributed by atoms with van der Waals surface area (Å²) in [4.78, 5) is 3.91. The topological polar surface area (TPSA) is 24.5 Å². The van der Waals surface area contributed by atoms with Crippen molar-refractivity contribution >= 4 is 11.3 Å². The zero-order chi connectivity index (χ0) is 13.0. The van der Waals surface area contributed by atoms with Gasteiger partial charge in [-0.15, -0.1) is 11.3 Å². The third-order valence-electron chi connectivity index (χ3n) is 3.34. The monoisotopic (exact) mass is 268 g/mol. The van der Waals surface area contributed by atoms with Gasteiger partial charge in [0.1, 0.15) is 0 Å². The molecule has 3 atom stereocenters. The van der Waals surface area contributed by atoms with Crippen LogP contribution in [0.3, 0.4) is 0 Å². The number of thiophene rings is 1. The first kappa shape index (κ1) is 14.0. The van der Waals surface area contributed by atoms with Gasteiger partial charge in [-0.25, -0.2) is 0 Å². The summed E-state index contributed by atoms with van der Waals surface area (Å²) in [5, 5.41) is 5.73. The van der Waals surface area contributed by atoms with Crippen LogP contribution in [0, 0.1) is 0 Å². The molecule has 3 nitrogen and oxygen atoms in total. The number of hydrogen-bond donors (Lipinski definition) is 1. The molecule has 0 bridgehead atoms. The smallest absolute Gasteiger partial charge is 0.0678 e. The number of ether oxygens (including phenoxy) is 1. The summed E-state index contributed by atoms with van der Waals surface area (Å²) in [7, 11) is 0. The maximum atomic E-state index is 5.74. The molecule has 0 radical (unpaired) electrons. The Morgan fingerprint density at radius 1 is 1.44 bits per heavy atom. The van der Waals surface area contributed by atoms with E-state index in [-0.39, 0.29) is 0 Å². The Kier molecular flexibility index (Phi) is 5.18. The molecule has 1 aromatic rings. The molecule has 1 aliphatic rings. The van der Waals surface area contributed by atoms with Crippen molar-refractivity contribution < 1.29 is 4.74 Å². The van der Waals surface area contributed by atoms with E-state index in [0.717, 1.165) is 26.2 Å². The minimum Gasteiger partial charge on any atom is -0.373 e. The van der Waals surface area contributed by atoms with E-state index in [9.17, 15) is 0 Å². The first-order valence-electron chi connectivity index (χ1n) is 6.79. The van der Waals surface area contributed by atoms with Crippen LogP contribution in [0.25, 0.3) is 0 Å². The molecular weight excluding hydrogens is 244 g/mol. The fourth-order valence-electron chi connectivity index (χ4n) is 2.54. The molecule has 102 valence electrons. The summed E-state index contributed by atoms with van der Waals surface area (Å²) in [5.74, 6) is 0. The molecule has 1 fully saturated rings. The molecule has 0 spiro atoms. The molecule has 2 rings (SSSR count). The van der Waals surface area contributed by atoms with Gasteiger partial charge in [0.05, 0.1) is 12.2 Å². The van der Waals surface area contributed by atoms with Crippen molar-refractivity contribution in [1.82, 2.24) is 10.2 Å². The van der Waals surface area contributed by atoms with Crippen molar-refractivity contribution in [2.45, 2.75) is 39.0 Å². The van der Waals surface area contributed by atoms with Crippen LogP contribution in [0.1, 0.15) is 31.7 Å². The second-order valence-corrected chi connectivity index (χ2v) is 6.19. The van der Waals surface area contributed by atoms with Crippen LogP contribution in [0.15, 0.2) is 17.5 Å². The maximum absolute atomic E-state index is 5.74. The second-order valence-electron chi connectivity index (χ2n) is 5.21. The highest BCUT2D eigenvalue weighted by Gasteiger charge is 2.21. The van der Waals surface area contributed by atoms with Crippen LogP contribution in [-0.4, -0.2) is 43.3 Å². The SMILES string of the molecule is CC(NCCN1C[C@@H](C)O[C@@H](C)C1)c1cccs1. The Hall–Kier alpha value is -0.420. The highest BCUT2D eigenvalue weighted by molar-refractivity contribution is 7.10. The van der Waals surface area contributed by atoms with Gasteiger partial charge < -0.3 is 10.1 Å². The number of nitrogens with zero attached hydrogens (tertiary/aromatic N) is 1. The van der Waals surface area contributed by atoms with Crippen molar-refractivity contribution in [2.24, 2.45) is 0 Å². The molecule has 1 saturated heterocycles. The molecule has 1 aromatic heterocycles. The molecule has 0 saturated carbocycles. The molecular formula is C14H24N2OS. The van der Waals surface area contributed by atoms with E-state index in [2.05, 4.69) is 48.5 Å². The van der Waals surface area contributed by atoms with Gasteiger partial charge in [-0.1, -0.05) is 6.07 Å². The molecule has 1 N–H and O–H groups in total. The normalized spacial score (nSPS) is 27.3. The second kappa shape index (κ2) is 6.66. The Morgan fingerprint density at radius 2 is 2.17 bits per heavy atom. The van der Waals surface area contributed by atoms with Gasteiger partial charge in [0.2, 0.25) is 0 Å². The van der Waals surface area contributed by atoms with Crippen LogP contribution in [0.5, 0.6) is 0 Å². The summed E-state index contributed by atoms with van der Waals surface area (Å²) >= 11 is 1.82. The van der Waals surface area contributed by atoms with Crippen molar-refractivity contribution in [3.8, 4) is 0 Å². The van der Waals surface area contributed by atoms with E-state index >= 15 is 0 Å². The van der Waals surface area contributed by atoms with Gasteiger partial charge in [-0.2, -0.15) is 0 Å². The van der Waals surface area contributed by atoms with Crippen molar-refractivity contribution in [2.75, 3.05) is 26.2 Å². The summed E-state index contributed by atoms with van der Waals surface area (Å²) in [5.41, 5.74) is 0. The van der Waals surface area contributed by atoms with E-state index < -0.39 is 0 Å². The largest absolute Gasteiger partial charge is 0.373 e. The highest BCUT2D eigenvalue weighted by atomic mass is 32.1. The molecule has 1 aliphatic heterocycles. The van der Waals surface area contributed by atoms with Gasteiger partial charge in [-0.05, 0) is 32.2 Å². The predicted octanol–water partition coefficient (Wildman–Crippen LogP) is 2.51. The Bertz CT molecular complexity index is 332. The number of rotatable bonds is 5. The minimum absolute atomic E-state index is 0.364. The van der Waals surface area contributed by atoms with Gasteiger partial charge in [0.15, 0.2) is 0 Å². The average molecular weight is 268 g/mol. The Morgan fingerprint density at radius 3 is 2.78 bits per heavy atom. The van der Waals surface area contributed by atoms with Crippen LogP contribution in [-0.2, 0) is 4.74 Å². The minimum atomic E-state index is 0.364. The van der Waals surface area contributed by atoms with Gasteiger partial charge >= 0.3 is 0 Å². The molecule has 0 aromatic carbocycles. The first-order valence-corrected chi connectivity index (χ1v) is 7.67. The molecule has 0 aliphatic carbocycles. The third kappa shape index (κ3) is 4.05. The summed E-state index contributed by atoms with van der Waals surface area (Å²) in [6.07, 6.45) is 0.729. The van der Waals surface area contributed by atoms with E-state index in [1.807, 2.05) is 11.3 Å². The molecule has 0 amide bonds. The van der Waals surface area contributed by atoms with Crippen LogP contribution in [0.4, 0.5) is 0 Å². The summed E-state index contributed by atoms with van der Waals surface area (Å²) in [6, 6.07) is 4.77. The number of nitrogens with one attached hydrogen (secondary N) is 1. The molecule has 2 heterocycles. The fraction of sp³-hybridized carbons (Fsp3) is 0.714.